The van der Waals surface area contributed by atoms with Gasteiger partial charge in [-0.2, -0.15) is 0 Å². The van der Waals surface area contributed by atoms with Gasteiger partial charge in [0.05, 0.1) is 14.2 Å². The number of carbonyl (C=O) groups excluding carboxylic acids is 2. The van der Waals surface area contributed by atoms with E-state index in [9.17, 15) is 9.59 Å². The van der Waals surface area contributed by atoms with Crippen molar-refractivity contribution in [3.8, 4) is 11.5 Å². The first-order valence-corrected chi connectivity index (χ1v) is 10.4. The normalized spacial score (nSPS) is 12.7. The quantitative estimate of drug-likeness (QED) is 0.411. The molecule has 0 saturated heterocycles. The van der Waals surface area contributed by atoms with Crippen LogP contribution in [-0.4, -0.2) is 45.2 Å². The summed E-state index contributed by atoms with van der Waals surface area (Å²) in [6.07, 6.45) is 4.52. The molecule has 0 radical (unpaired) electrons. The SMILES string of the molecule is CC[C@H](C)[C@@H](NC(=O)CCCCCN)C(=O)NCCc1ccc(OC)c(OC)c1. The Morgan fingerprint density at radius 1 is 1.10 bits per heavy atom. The maximum atomic E-state index is 12.7. The van der Waals surface area contributed by atoms with Crippen LogP contribution in [0, 0.1) is 5.92 Å². The molecule has 7 nitrogen and oxygen atoms in total. The van der Waals surface area contributed by atoms with E-state index < -0.39 is 6.04 Å². The van der Waals surface area contributed by atoms with E-state index in [1.165, 1.54) is 0 Å². The minimum absolute atomic E-state index is 0.0593. The Morgan fingerprint density at radius 3 is 2.45 bits per heavy atom. The smallest absolute Gasteiger partial charge is 0.242 e. The number of carbonyl (C=O) groups is 2. The van der Waals surface area contributed by atoms with Crippen LogP contribution in [0.1, 0.15) is 51.5 Å². The minimum atomic E-state index is -0.521. The summed E-state index contributed by atoms with van der Waals surface area (Å²) >= 11 is 0. The van der Waals surface area contributed by atoms with E-state index in [0.29, 0.717) is 37.4 Å². The van der Waals surface area contributed by atoms with Crippen LogP contribution in [-0.2, 0) is 16.0 Å². The van der Waals surface area contributed by atoms with Crippen LogP contribution >= 0.6 is 0 Å². The number of ether oxygens (including phenoxy) is 2. The highest BCUT2D eigenvalue weighted by Gasteiger charge is 2.25. The second-order valence-electron chi connectivity index (χ2n) is 7.26. The van der Waals surface area contributed by atoms with Crippen LogP contribution in [0.25, 0.3) is 0 Å². The molecule has 4 N–H and O–H groups in total. The van der Waals surface area contributed by atoms with Gasteiger partial charge >= 0.3 is 0 Å². The van der Waals surface area contributed by atoms with Crippen LogP contribution in [0.3, 0.4) is 0 Å². The van der Waals surface area contributed by atoms with E-state index in [4.69, 9.17) is 15.2 Å². The fraction of sp³-hybridized carbons (Fsp3) is 0.636. The third-order valence-corrected chi connectivity index (χ3v) is 5.08. The summed E-state index contributed by atoms with van der Waals surface area (Å²) in [7, 11) is 3.19. The Labute approximate surface area is 174 Å². The number of rotatable bonds is 14. The van der Waals surface area contributed by atoms with Crippen molar-refractivity contribution in [3.63, 3.8) is 0 Å². The van der Waals surface area contributed by atoms with Gasteiger partial charge in [-0.25, -0.2) is 0 Å². The van der Waals surface area contributed by atoms with Crippen molar-refractivity contribution in [2.75, 3.05) is 27.3 Å². The number of hydrogen-bond donors (Lipinski definition) is 3. The van der Waals surface area contributed by atoms with Crippen molar-refractivity contribution in [2.45, 2.75) is 58.4 Å². The molecular weight excluding hydrogens is 370 g/mol. The van der Waals surface area contributed by atoms with Gasteiger partial charge in [0.2, 0.25) is 11.8 Å². The van der Waals surface area contributed by atoms with Crippen molar-refractivity contribution < 1.29 is 19.1 Å². The molecule has 0 fully saturated rings. The number of nitrogens with two attached hydrogens (primary N) is 1. The number of nitrogens with one attached hydrogen (secondary N) is 2. The highest BCUT2D eigenvalue weighted by Crippen LogP contribution is 2.27. The van der Waals surface area contributed by atoms with Gasteiger partial charge in [-0.05, 0) is 49.4 Å². The van der Waals surface area contributed by atoms with Crippen LogP contribution < -0.4 is 25.8 Å². The maximum absolute atomic E-state index is 12.7. The Bertz CT molecular complexity index is 636. The summed E-state index contributed by atoms with van der Waals surface area (Å²) < 4.78 is 10.6. The lowest BCUT2D eigenvalue weighted by Crippen LogP contribution is -2.50. The summed E-state index contributed by atoms with van der Waals surface area (Å²) in [5.74, 6) is 1.17. The molecule has 0 aliphatic heterocycles. The van der Waals surface area contributed by atoms with Gasteiger partial charge in [-0.1, -0.05) is 32.8 Å². The molecule has 0 bridgehead atoms. The van der Waals surface area contributed by atoms with Gasteiger partial charge in [0.15, 0.2) is 11.5 Å². The van der Waals surface area contributed by atoms with Crippen LogP contribution in [0.15, 0.2) is 18.2 Å². The zero-order chi connectivity index (χ0) is 21.6. The van der Waals surface area contributed by atoms with Crippen molar-refractivity contribution in [1.29, 1.82) is 0 Å². The number of methoxy groups -OCH3 is 2. The lowest BCUT2D eigenvalue weighted by Gasteiger charge is -2.23. The van der Waals surface area contributed by atoms with E-state index in [-0.39, 0.29) is 17.7 Å². The van der Waals surface area contributed by atoms with Gasteiger partial charge in [0.1, 0.15) is 6.04 Å². The van der Waals surface area contributed by atoms with E-state index in [1.54, 1.807) is 14.2 Å². The van der Waals surface area contributed by atoms with E-state index in [0.717, 1.165) is 31.2 Å². The second kappa shape index (κ2) is 13.8. The highest BCUT2D eigenvalue weighted by atomic mass is 16.5. The molecule has 0 heterocycles. The van der Waals surface area contributed by atoms with Crippen molar-refractivity contribution >= 4 is 11.8 Å². The molecule has 0 aromatic heterocycles. The number of benzene rings is 1. The third kappa shape index (κ3) is 8.73. The molecule has 0 unspecified atom stereocenters. The standard InChI is InChI=1S/C22H37N3O4/c1-5-16(2)21(25-20(26)9-7-6-8-13-23)22(27)24-14-12-17-10-11-18(28-3)19(15-17)29-4/h10-11,15-16,21H,5-9,12-14,23H2,1-4H3,(H,24,27)(H,25,26)/t16-,21+/m0/s1. The number of hydrogen-bond acceptors (Lipinski definition) is 5. The monoisotopic (exact) mass is 407 g/mol. The van der Waals surface area contributed by atoms with Crippen LogP contribution in [0.4, 0.5) is 0 Å². The largest absolute Gasteiger partial charge is 0.493 e. The predicted molar refractivity (Wildman–Crippen MR) is 115 cm³/mol. The van der Waals surface area contributed by atoms with Crippen LogP contribution in [0.5, 0.6) is 11.5 Å². The van der Waals surface area contributed by atoms with Gasteiger partial charge in [-0.3, -0.25) is 9.59 Å². The molecule has 2 atom stereocenters. The molecule has 0 aliphatic carbocycles. The first-order valence-electron chi connectivity index (χ1n) is 10.4. The number of unbranched alkanes of at least 4 members (excludes halogenated alkanes) is 2. The fourth-order valence-corrected chi connectivity index (χ4v) is 3.03. The van der Waals surface area contributed by atoms with E-state index in [1.807, 2.05) is 32.0 Å². The predicted octanol–water partition coefficient (Wildman–Crippen LogP) is 2.41. The molecule has 1 aromatic carbocycles. The van der Waals surface area contributed by atoms with Crippen molar-refractivity contribution in [3.05, 3.63) is 23.8 Å². The first kappa shape index (κ1) is 24.8. The average Bonchev–Trinajstić information content (AvgIpc) is 2.74. The lowest BCUT2D eigenvalue weighted by molar-refractivity contribution is -0.130. The van der Waals surface area contributed by atoms with Gasteiger partial charge in [0.25, 0.3) is 0 Å². The summed E-state index contributed by atoms with van der Waals surface area (Å²) in [5, 5.41) is 5.86. The molecule has 0 aliphatic rings. The second-order valence-corrected chi connectivity index (χ2v) is 7.26. The molecule has 0 saturated carbocycles. The molecule has 7 heteroatoms. The Morgan fingerprint density at radius 2 is 1.83 bits per heavy atom. The molecular formula is C22H37N3O4. The zero-order valence-electron chi connectivity index (χ0n) is 18.3. The maximum Gasteiger partial charge on any atom is 0.242 e. The first-order chi connectivity index (χ1) is 14.0. The Kier molecular flexibility index (Phi) is 11.8. The molecule has 29 heavy (non-hydrogen) atoms. The number of amides is 2. The third-order valence-electron chi connectivity index (χ3n) is 5.08. The van der Waals surface area contributed by atoms with Crippen molar-refractivity contribution in [1.82, 2.24) is 10.6 Å². The minimum Gasteiger partial charge on any atom is -0.493 e. The Hall–Kier alpha value is -2.28. The Balaban J connectivity index is 2.57. The summed E-state index contributed by atoms with van der Waals surface area (Å²) in [6.45, 7) is 5.11. The van der Waals surface area contributed by atoms with Gasteiger partial charge < -0.3 is 25.8 Å². The average molecular weight is 408 g/mol. The van der Waals surface area contributed by atoms with E-state index in [2.05, 4.69) is 10.6 Å². The zero-order valence-corrected chi connectivity index (χ0v) is 18.3. The topological polar surface area (TPSA) is 103 Å². The molecule has 2 amide bonds. The molecule has 0 spiro atoms. The summed E-state index contributed by atoms with van der Waals surface area (Å²) in [6, 6.07) is 5.18. The fourth-order valence-electron chi connectivity index (χ4n) is 3.03. The molecule has 1 rings (SSSR count). The molecule has 164 valence electrons. The van der Waals surface area contributed by atoms with Gasteiger partial charge in [-0.15, -0.1) is 0 Å². The van der Waals surface area contributed by atoms with Crippen molar-refractivity contribution in [2.24, 2.45) is 11.7 Å². The lowest BCUT2D eigenvalue weighted by atomic mass is 9.98. The summed E-state index contributed by atoms with van der Waals surface area (Å²) in [5.41, 5.74) is 6.51. The van der Waals surface area contributed by atoms with Gasteiger partial charge in [0, 0.05) is 13.0 Å². The molecule has 1 aromatic rings. The van der Waals surface area contributed by atoms with Crippen LogP contribution in [0.2, 0.25) is 0 Å². The highest BCUT2D eigenvalue weighted by molar-refractivity contribution is 5.87. The summed E-state index contributed by atoms with van der Waals surface area (Å²) in [4.78, 5) is 24.9. The van der Waals surface area contributed by atoms with E-state index >= 15 is 0 Å².